The number of aryl methyl sites for hydroxylation is 1. The van der Waals surface area contributed by atoms with E-state index in [0.717, 1.165) is 27.7 Å². The third-order valence-electron chi connectivity index (χ3n) is 4.76. The van der Waals surface area contributed by atoms with E-state index in [4.69, 9.17) is 0 Å². The van der Waals surface area contributed by atoms with Gasteiger partial charge >= 0.3 is 0 Å². The van der Waals surface area contributed by atoms with Crippen LogP contribution in [0, 0.1) is 12.8 Å². The van der Waals surface area contributed by atoms with Crippen molar-refractivity contribution in [2.75, 3.05) is 5.75 Å². The van der Waals surface area contributed by atoms with Crippen LogP contribution < -0.4 is 5.43 Å². The number of fused-ring (bicyclic) bond motifs is 1. The standard InChI is InChI=1S/C22H26N2OS/c1-4-9-17(5-2)15-26-22-13-21(25)19-14-23-16(3)12-20(19)24(22)18-10-7-6-8-11-18/h6-8,10-14,17H,4-5,9,15H2,1-3H3. The van der Waals surface area contributed by atoms with Crippen molar-refractivity contribution >= 4 is 22.7 Å². The molecule has 3 rings (SSSR count). The van der Waals surface area contributed by atoms with E-state index >= 15 is 0 Å². The van der Waals surface area contributed by atoms with Crippen LogP contribution in [0.2, 0.25) is 0 Å². The van der Waals surface area contributed by atoms with Crippen molar-refractivity contribution in [3.8, 4) is 5.69 Å². The third-order valence-corrected chi connectivity index (χ3v) is 5.99. The Morgan fingerprint density at radius 2 is 1.92 bits per heavy atom. The monoisotopic (exact) mass is 366 g/mol. The highest BCUT2D eigenvalue weighted by Crippen LogP contribution is 2.29. The van der Waals surface area contributed by atoms with E-state index in [1.807, 2.05) is 31.2 Å². The zero-order valence-corrected chi connectivity index (χ0v) is 16.6. The number of thioether (sulfide) groups is 1. The summed E-state index contributed by atoms with van der Waals surface area (Å²) >= 11 is 1.79. The average molecular weight is 367 g/mol. The van der Waals surface area contributed by atoms with Crippen LogP contribution in [-0.2, 0) is 0 Å². The average Bonchev–Trinajstić information content (AvgIpc) is 2.65. The van der Waals surface area contributed by atoms with Crippen LogP contribution in [0.5, 0.6) is 0 Å². The summed E-state index contributed by atoms with van der Waals surface area (Å²) in [6.07, 6.45) is 5.31. The van der Waals surface area contributed by atoms with Crippen LogP contribution in [0.25, 0.3) is 16.6 Å². The van der Waals surface area contributed by atoms with Crippen LogP contribution in [0.3, 0.4) is 0 Å². The predicted molar refractivity (Wildman–Crippen MR) is 111 cm³/mol. The Balaban J connectivity index is 2.14. The third kappa shape index (κ3) is 4.01. The Hall–Kier alpha value is -2.07. The SMILES string of the molecule is CCCC(CC)CSc1cc(=O)c2cnc(C)cc2n1-c1ccccc1. The van der Waals surface area contributed by atoms with Gasteiger partial charge in [-0.15, -0.1) is 11.8 Å². The summed E-state index contributed by atoms with van der Waals surface area (Å²) in [5.41, 5.74) is 2.98. The largest absolute Gasteiger partial charge is 0.304 e. The molecule has 2 heterocycles. The van der Waals surface area contributed by atoms with Crippen molar-refractivity contribution in [3.05, 3.63) is 64.6 Å². The van der Waals surface area contributed by atoms with Gasteiger partial charge in [-0.25, -0.2) is 0 Å². The van der Waals surface area contributed by atoms with Gasteiger partial charge in [0, 0.05) is 29.4 Å². The molecule has 0 radical (unpaired) electrons. The van der Waals surface area contributed by atoms with Gasteiger partial charge in [-0.1, -0.05) is 44.9 Å². The molecular weight excluding hydrogens is 340 g/mol. The first kappa shape index (κ1) is 18.7. The maximum absolute atomic E-state index is 12.7. The molecule has 1 atom stereocenters. The molecule has 0 fully saturated rings. The highest BCUT2D eigenvalue weighted by molar-refractivity contribution is 7.99. The van der Waals surface area contributed by atoms with Crippen LogP contribution in [-0.4, -0.2) is 15.3 Å². The molecule has 0 saturated carbocycles. The van der Waals surface area contributed by atoms with Crippen molar-refractivity contribution < 1.29 is 0 Å². The summed E-state index contributed by atoms with van der Waals surface area (Å²) in [7, 11) is 0. The molecule has 3 aromatic rings. The number of pyridine rings is 2. The maximum Gasteiger partial charge on any atom is 0.192 e. The van der Waals surface area contributed by atoms with E-state index in [1.165, 1.54) is 19.3 Å². The Bertz CT molecular complexity index is 934. The minimum absolute atomic E-state index is 0.0470. The van der Waals surface area contributed by atoms with Gasteiger partial charge in [-0.2, -0.15) is 0 Å². The lowest BCUT2D eigenvalue weighted by molar-refractivity contribution is 0.517. The van der Waals surface area contributed by atoms with Crippen LogP contribution >= 0.6 is 11.8 Å². The zero-order valence-electron chi connectivity index (χ0n) is 15.7. The quantitative estimate of drug-likeness (QED) is 0.510. The first-order valence-electron chi connectivity index (χ1n) is 9.34. The van der Waals surface area contributed by atoms with E-state index in [2.05, 4.69) is 35.5 Å². The van der Waals surface area contributed by atoms with E-state index in [1.54, 1.807) is 24.0 Å². The van der Waals surface area contributed by atoms with Crippen molar-refractivity contribution in [1.82, 2.24) is 9.55 Å². The molecule has 0 aliphatic rings. The van der Waals surface area contributed by atoms with Gasteiger partial charge in [0.1, 0.15) is 0 Å². The fraction of sp³-hybridized carbons (Fsp3) is 0.364. The summed E-state index contributed by atoms with van der Waals surface area (Å²) in [4.78, 5) is 17.0. The molecule has 0 bridgehead atoms. The lowest BCUT2D eigenvalue weighted by Gasteiger charge is -2.19. The summed E-state index contributed by atoms with van der Waals surface area (Å²) in [6.45, 7) is 6.45. The van der Waals surface area contributed by atoms with Gasteiger partial charge in [0.2, 0.25) is 0 Å². The van der Waals surface area contributed by atoms with Gasteiger partial charge in [0.15, 0.2) is 5.43 Å². The normalized spacial score (nSPS) is 12.4. The molecular formula is C22H26N2OS. The fourth-order valence-electron chi connectivity index (χ4n) is 3.26. The number of nitrogens with zero attached hydrogens (tertiary/aromatic N) is 2. The number of aromatic nitrogens is 2. The Kier molecular flexibility index (Phi) is 6.15. The first-order chi connectivity index (χ1) is 12.6. The van der Waals surface area contributed by atoms with Crippen molar-refractivity contribution in [3.63, 3.8) is 0 Å². The molecule has 0 amide bonds. The summed E-state index contributed by atoms with van der Waals surface area (Å²) in [5.74, 6) is 1.71. The molecule has 136 valence electrons. The molecule has 0 N–H and O–H groups in total. The Morgan fingerprint density at radius 3 is 2.62 bits per heavy atom. The van der Waals surface area contributed by atoms with Gasteiger partial charge < -0.3 is 4.57 Å². The van der Waals surface area contributed by atoms with Crippen molar-refractivity contribution in [2.45, 2.75) is 45.1 Å². The highest BCUT2D eigenvalue weighted by atomic mass is 32.2. The number of rotatable bonds is 7. The zero-order chi connectivity index (χ0) is 18.5. The maximum atomic E-state index is 12.7. The highest BCUT2D eigenvalue weighted by Gasteiger charge is 2.14. The minimum atomic E-state index is 0.0470. The molecule has 1 aromatic carbocycles. The van der Waals surface area contributed by atoms with E-state index in [9.17, 15) is 4.79 Å². The molecule has 0 spiro atoms. The summed E-state index contributed by atoms with van der Waals surface area (Å²) < 4.78 is 2.20. The smallest absolute Gasteiger partial charge is 0.192 e. The van der Waals surface area contributed by atoms with Crippen LogP contribution in [0.15, 0.2) is 58.5 Å². The van der Waals surface area contributed by atoms with Crippen LogP contribution in [0.1, 0.15) is 38.8 Å². The second-order valence-corrected chi connectivity index (χ2v) is 7.77. The number of para-hydroxylation sites is 1. The lowest BCUT2D eigenvalue weighted by atomic mass is 10.0. The molecule has 0 aliphatic carbocycles. The summed E-state index contributed by atoms with van der Waals surface area (Å²) in [6, 6.07) is 14.1. The molecule has 0 saturated heterocycles. The molecule has 1 unspecified atom stereocenters. The van der Waals surface area contributed by atoms with Gasteiger partial charge in [-0.05, 0) is 37.5 Å². The molecule has 4 heteroatoms. The van der Waals surface area contributed by atoms with E-state index < -0.39 is 0 Å². The first-order valence-corrected chi connectivity index (χ1v) is 10.3. The molecule has 26 heavy (non-hydrogen) atoms. The van der Waals surface area contributed by atoms with E-state index in [0.29, 0.717) is 11.3 Å². The number of benzene rings is 1. The molecule has 2 aromatic heterocycles. The summed E-state index contributed by atoms with van der Waals surface area (Å²) in [5, 5.41) is 1.68. The Labute approximate surface area is 159 Å². The topological polar surface area (TPSA) is 34.9 Å². The minimum Gasteiger partial charge on any atom is -0.304 e. The predicted octanol–water partition coefficient (Wildman–Crippen LogP) is 5.61. The second-order valence-electron chi connectivity index (χ2n) is 6.73. The number of hydrogen-bond acceptors (Lipinski definition) is 3. The van der Waals surface area contributed by atoms with Gasteiger partial charge in [0.25, 0.3) is 0 Å². The second kappa shape index (κ2) is 8.54. The van der Waals surface area contributed by atoms with Gasteiger partial charge in [-0.3, -0.25) is 9.78 Å². The molecule has 0 aliphatic heterocycles. The van der Waals surface area contributed by atoms with Crippen molar-refractivity contribution in [1.29, 1.82) is 0 Å². The van der Waals surface area contributed by atoms with Gasteiger partial charge in [0.05, 0.1) is 15.9 Å². The fourth-order valence-corrected chi connectivity index (χ4v) is 4.59. The van der Waals surface area contributed by atoms with E-state index in [-0.39, 0.29) is 5.43 Å². The lowest BCUT2D eigenvalue weighted by Crippen LogP contribution is -2.12. The molecule has 3 nitrogen and oxygen atoms in total. The number of hydrogen-bond donors (Lipinski definition) is 0. The van der Waals surface area contributed by atoms with Crippen molar-refractivity contribution in [2.24, 2.45) is 5.92 Å². The Morgan fingerprint density at radius 1 is 1.15 bits per heavy atom. The van der Waals surface area contributed by atoms with Crippen LogP contribution in [0.4, 0.5) is 0 Å².